The first-order valence-corrected chi connectivity index (χ1v) is 5.39. The average molecular weight is 233 g/mol. The lowest BCUT2D eigenvalue weighted by molar-refractivity contribution is -0.117. The van der Waals surface area contributed by atoms with Gasteiger partial charge < -0.3 is 10.6 Å². The van der Waals surface area contributed by atoms with Gasteiger partial charge in [-0.3, -0.25) is 4.79 Å². The Kier molecular flexibility index (Phi) is 3.35. The van der Waals surface area contributed by atoms with Gasteiger partial charge in [0.1, 0.15) is 11.9 Å². The van der Waals surface area contributed by atoms with Crippen molar-refractivity contribution < 1.29 is 9.18 Å². The van der Waals surface area contributed by atoms with Gasteiger partial charge in [-0.15, -0.1) is 0 Å². The normalized spacial score (nSPS) is 14.8. The van der Waals surface area contributed by atoms with Crippen molar-refractivity contribution >= 4 is 11.6 Å². The second kappa shape index (κ2) is 4.93. The van der Waals surface area contributed by atoms with Crippen LogP contribution in [0, 0.1) is 23.1 Å². The predicted octanol–water partition coefficient (Wildman–Crippen LogP) is 1.25. The van der Waals surface area contributed by atoms with Crippen molar-refractivity contribution in [2.24, 2.45) is 5.92 Å². The molecule has 5 heteroatoms. The molecule has 88 valence electrons. The number of benzene rings is 1. The summed E-state index contributed by atoms with van der Waals surface area (Å²) in [6.45, 7) is 1.72. The highest BCUT2D eigenvalue weighted by molar-refractivity contribution is 5.91. The van der Waals surface area contributed by atoms with Crippen LogP contribution in [0.25, 0.3) is 0 Å². The summed E-state index contributed by atoms with van der Waals surface area (Å²) in [5.41, 5.74) is 0.397. The van der Waals surface area contributed by atoms with Crippen molar-refractivity contribution in [2.75, 3.05) is 18.4 Å². The van der Waals surface area contributed by atoms with Crippen LogP contribution in [-0.2, 0) is 4.79 Å². The summed E-state index contributed by atoms with van der Waals surface area (Å²) in [7, 11) is 0. The molecule has 17 heavy (non-hydrogen) atoms. The van der Waals surface area contributed by atoms with Crippen molar-refractivity contribution in [3.8, 4) is 6.07 Å². The fraction of sp³-hybridized carbons (Fsp3) is 0.333. The first-order valence-electron chi connectivity index (χ1n) is 5.39. The second-order valence-corrected chi connectivity index (χ2v) is 4.08. The van der Waals surface area contributed by atoms with E-state index in [9.17, 15) is 9.18 Å². The molecule has 0 atom stereocenters. The quantitative estimate of drug-likeness (QED) is 0.825. The Morgan fingerprint density at radius 2 is 2.35 bits per heavy atom. The highest BCUT2D eigenvalue weighted by atomic mass is 19.1. The third-order valence-corrected chi connectivity index (χ3v) is 2.71. The zero-order valence-corrected chi connectivity index (χ0v) is 9.16. The van der Waals surface area contributed by atoms with Crippen LogP contribution < -0.4 is 10.6 Å². The number of hydrogen-bond acceptors (Lipinski definition) is 3. The van der Waals surface area contributed by atoms with E-state index < -0.39 is 5.82 Å². The van der Waals surface area contributed by atoms with Gasteiger partial charge >= 0.3 is 0 Å². The minimum Gasteiger partial charge on any atom is -0.326 e. The molecule has 0 aromatic heterocycles. The zero-order chi connectivity index (χ0) is 12.3. The topological polar surface area (TPSA) is 64.9 Å². The molecular weight excluding hydrogens is 221 g/mol. The smallest absolute Gasteiger partial charge is 0.224 e. The summed E-state index contributed by atoms with van der Waals surface area (Å²) in [6, 6.07) is 5.71. The molecule has 1 fully saturated rings. The molecule has 0 aliphatic carbocycles. The van der Waals surface area contributed by atoms with Crippen molar-refractivity contribution in [3.63, 3.8) is 0 Å². The van der Waals surface area contributed by atoms with Gasteiger partial charge in [-0.25, -0.2) is 4.39 Å². The number of nitrogens with one attached hydrogen (secondary N) is 2. The van der Waals surface area contributed by atoms with E-state index in [0.29, 0.717) is 18.0 Å². The number of halogens is 1. The van der Waals surface area contributed by atoms with Crippen molar-refractivity contribution in [3.05, 3.63) is 29.6 Å². The molecule has 2 rings (SSSR count). The molecule has 0 unspecified atom stereocenters. The lowest BCUT2D eigenvalue weighted by Gasteiger charge is -2.26. The molecule has 1 aliphatic rings. The molecule has 1 amide bonds. The van der Waals surface area contributed by atoms with Crippen LogP contribution in [0.15, 0.2) is 18.2 Å². The largest absolute Gasteiger partial charge is 0.326 e. The summed E-state index contributed by atoms with van der Waals surface area (Å²) >= 11 is 0. The van der Waals surface area contributed by atoms with Gasteiger partial charge in [-0.2, -0.15) is 5.26 Å². The van der Waals surface area contributed by atoms with Crippen molar-refractivity contribution in [2.45, 2.75) is 6.42 Å². The standard InChI is InChI=1S/C12H12FN3O/c13-11-2-1-10(4-9(11)5-14)16-12(17)3-8-6-15-7-8/h1-2,4,8,15H,3,6-7H2,(H,16,17). The maximum absolute atomic E-state index is 13.0. The average Bonchev–Trinajstić information content (AvgIpc) is 2.26. The van der Waals surface area contributed by atoms with Gasteiger partial charge in [0.2, 0.25) is 5.91 Å². The molecule has 2 N–H and O–H groups in total. The summed E-state index contributed by atoms with van der Waals surface area (Å²) in [6.07, 6.45) is 0.451. The fourth-order valence-corrected chi connectivity index (χ4v) is 1.66. The number of amides is 1. The van der Waals surface area contributed by atoms with Crippen LogP contribution >= 0.6 is 0 Å². The van der Waals surface area contributed by atoms with E-state index in [1.54, 1.807) is 6.07 Å². The molecule has 1 aromatic carbocycles. The first-order chi connectivity index (χ1) is 8.19. The lowest BCUT2D eigenvalue weighted by atomic mass is 9.99. The lowest BCUT2D eigenvalue weighted by Crippen LogP contribution is -2.43. The first kappa shape index (κ1) is 11.6. The van der Waals surface area contributed by atoms with E-state index in [2.05, 4.69) is 10.6 Å². The second-order valence-electron chi connectivity index (χ2n) is 4.08. The van der Waals surface area contributed by atoms with Gasteiger partial charge in [0.15, 0.2) is 0 Å². The maximum atomic E-state index is 13.0. The molecule has 4 nitrogen and oxygen atoms in total. The van der Waals surface area contributed by atoms with Gasteiger partial charge in [0, 0.05) is 12.1 Å². The van der Waals surface area contributed by atoms with Crippen LogP contribution in [0.5, 0.6) is 0 Å². The van der Waals surface area contributed by atoms with Crippen molar-refractivity contribution in [1.29, 1.82) is 5.26 Å². The Morgan fingerprint density at radius 3 is 2.94 bits per heavy atom. The Hall–Kier alpha value is -1.93. The molecule has 0 saturated carbocycles. The number of hydrogen-bond donors (Lipinski definition) is 2. The van der Waals surface area contributed by atoms with Gasteiger partial charge in [0.05, 0.1) is 5.56 Å². The predicted molar refractivity (Wildman–Crippen MR) is 60.7 cm³/mol. The third kappa shape index (κ3) is 2.80. The van der Waals surface area contributed by atoms with Gasteiger partial charge in [-0.1, -0.05) is 0 Å². The Labute approximate surface area is 98.4 Å². The number of nitriles is 1. The molecule has 1 saturated heterocycles. The maximum Gasteiger partial charge on any atom is 0.224 e. The number of nitrogens with zero attached hydrogens (tertiary/aromatic N) is 1. The van der Waals surface area contributed by atoms with Crippen LogP contribution in [0.3, 0.4) is 0 Å². The number of anilines is 1. The van der Waals surface area contributed by atoms with E-state index in [1.807, 2.05) is 0 Å². The molecule has 0 spiro atoms. The summed E-state index contributed by atoms with van der Waals surface area (Å²) in [5.74, 6) is -0.299. The van der Waals surface area contributed by atoms with Gasteiger partial charge in [0.25, 0.3) is 0 Å². The summed E-state index contributed by atoms with van der Waals surface area (Å²) in [4.78, 5) is 11.6. The van der Waals surface area contributed by atoms with Crippen LogP contribution in [-0.4, -0.2) is 19.0 Å². The molecular formula is C12H12FN3O. The van der Waals surface area contributed by atoms with Crippen LogP contribution in [0.2, 0.25) is 0 Å². The molecule has 1 aromatic rings. The summed E-state index contributed by atoms with van der Waals surface area (Å²) in [5, 5.41) is 14.4. The number of carbonyl (C=O) groups excluding carboxylic acids is 1. The number of rotatable bonds is 3. The third-order valence-electron chi connectivity index (χ3n) is 2.71. The van der Waals surface area contributed by atoms with Crippen LogP contribution in [0.1, 0.15) is 12.0 Å². The minimum absolute atomic E-state index is 0.0619. The molecule has 0 bridgehead atoms. The van der Waals surface area contributed by atoms with E-state index in [1.165, 1.54) is 18.2 Å². The van der Waals surface area contributed by atoms with E-state index in [4.69, 9.17) is 5.26 Å². The van der Waals surface area contributed by atoms with E-state index in [0.717, 1.165) is 13.1 Å². The molecule has 1 heterocycles. The Morgan fingerprint density at radius 1 is 1.59 bits per heavy atom. The highest BCUT2D eigenvalue weighted by Crippen LogP contribution is 2.15. The van der Waals surface area contributed by atoms with Gasteiger partial charge in [-0.05, 0) is 37.2 Å². The SMILES string of the molecule is N#Cc1cc(NC(=O)CC2CNC2)ccc1F. The Bertz CT molecular complexity index is 477. The monoisotopic (exact) mass is 233 g/mol. The molecule has 1 aliphatic heterocycles. The van der Waals surface area contributed by atoms with E-state index >= 15 is 0 Å². The molecule has 0 radical (unpaired) electrons. The summed E-state index contributed by atoms with van der Waals surface area (Å²) < 4.78 is 13.0. The minimum atomic E-state index is -0.575. The van der Waals surface area contributed by atoms with Crippen LogP contribution in [0.4, 0.5) is 10.1 Å². The highest BCUT2D eigenvalue weighted by Gasteiger charge is 2.20. The fourth-order valence-electron chi connectivity index (χ4n) is 1.66. The Balaban J connectivity index is 1.98. The zero-order valence-electron chi connectivity index (χ0n) is 9.16. The van der Waals surface area contributed by atoms with Crippen molar-refractivity contribution in [1.82, 2.24) is 5.32 Å². The van der Waals surface area contributed by atoms with E-state index in [-0.39, 0.29) is 11.5 Å². The number of carbonyl (C=O) groups is 1.